The molecule has 0 bridgehead atoms. The average Bonchev–Trinajstić information content (AvgIpc) is 2.94. The number of Topliss-reactive ketones (excluding diaryl/α,β-unsaturated/α-hetero) is 1. The van der Waals surface area contributed by atoms with E-state index >= 15 is 0 Å². The number of methoxy groups -OCH3 is 4. The van der Waals surface area contributed by atoms with Gasteiger partial charge in [-0.15, -0.1) is 0 Å². The van der Waals surface area contributed by atoms with Gasteiger partial charge in [0.05, 0.1) is 35.0 Å². The first-order valence-electron chi connectivity index (χ1n) is 12.8. The van der Waals surface area contributed by atoms with Crippen molar-refractivity contribution < 1.29 is 33.3 Å². The number of esters is 1. The van der Waals surface area contributed by atoms with Crippen molar-refractivity contribution in [2.75, 3.05) is 35.0 Å². The highest BCUT2D eigenvalue weighted by Crippen LogP contribution is 2.49. The van der Waals surface area contributed by atoms with Gasteiger partial charge in [-0.2, -0.15) is 0 Å². The molecule has 0 spiro atoms. The number of hydrogen-bond acceptors (Lipinski definition) is 8. The third-order valence-corrected chi connectivity index (χ3v) is 7.25. The molecule has 2 aliphatic rings. The molecule has 202 valence electrons. The smallest absolute Gasteiger partial charge is 0.315 e. The van der Waals surface area contributed by atoms with Crippen molar-refractivity contribution in [2.24, 2.45) is 10.9 Å². The summed E-state index contributed by atoms with van der Waals surface area (Å²) >= 11 is 0. The van der Waals surface area contributed by atoms with Crippen LogP contribution in [0.4, 0.5) is 0 Å². The number of carbonyl (C=O) groups is 2. The first-order valence-corrected chi connectivity index (χ1v) is 12.8. The van der Waals surface area contributed by atoms with Crippen LogP contribution in [-0.2, 0) is 14.3 Å². The monoisotopic (exact) mass is 521 g/mol. The van der Waals surface area contributed by atoms with Crippen molar-refractivity contribution >= 4 is 17.5 Å². The average molecular weight is 522 g/mol. The summed E-state index contributed by atoms with van der Waals surface area (Å²) in [7, 11) is 6.33. The quantitative estimate of drug-likeness (QED) is 0.416. The van der Waals surface area contributed by atoms with Gasteiger partial charge in [0.2, 0.25) is 0 Å². The molecule has 1 unspecified atom stereocenters. The number of benzene rings is 2. The normalized spacial score (nSPS) is 20.8. The number of rotatable bonds is 9. The summed E-state index contributed by atoms with van der Waals surface area (Å²) in [5.41, 5.74) is 3.56. The van der Waals surface area contributed by atoms with Crippen LogP contribution in [0.25, 0.3) is 0 Å². The molecule has 0 fully saturated rings. The highest BCUT2D eigenvalue weighted by atomic mass is 16.5. The summed E-state index contributed by atoms with van der Waals surface area (Å²) in [5, 5.41) is 0. The predicted molar refractivity (Wildman–Crippen MR) is 144 cm³/mol. The highest BCUT2D eigenvalue weighted by molar-refractivity contribution is 6.09. The van der Waals surface area contributed by atoms with Crippen molar-refractivity contribution in [1.29, 1.82) is 0 Å². The summed E-state index contributed by atoms with van der Waals surface area (Å²) in [5.74, 6) is 0.574. The minimum absolute atomic E-state index is 0.0431. The third-order valence-electron chi connectivity index (χ3n) is 7.25. The van der Waals surface area contributed by atoms with Crippen LogP contribution in [0.2, 0.25) is 0 Å². The van der Waals surface area contributed by atoms with Gasteiger partial charge in [0.15, 0.2) is 17.3 Å². The summed E-state index contributed by atoms with van der Waals surface area (Å²) in [6, 6.07) is 11.2. The number of nitrogens with zero attached hydrogens (tertiary/aromatic N) is 1. The van der Waals surface area contributed by atoms with Gasteiger partial charge in [0, 0.05) is 41.0 Å². The Kier molecular flexibility index (Phi) is 8.39. The molecule has 0 N–H and O–H groups in total. The Labute approximate surface area is 223 Å². The zero-order valence-electron chi connectivity index (χ0n) is 22.8. The lowest BCUT2D eigenvalue weighted by Gasteiger charge is -2.37. The lowest BCUT2D eigenvalue weighted by Crippen LogP contribution is -2.38. The van der Waals surface area contributed by atoms with E-state index in [1.165, 1.54) is 0 Å². The van der Waals surface area contributed by atoms with E-state index in [9.17, 15) is 9.59 Å². The molecule has 0 saturated heterocycles. The lowest BCUT2D eigenvalue weighted by atomic mass is 9.69. The number of aliphatic imine (C=N–C) groups is 1. The van der Waals surface area contributed by atoms with Crippen molar-refractivity contribution in [1.82, 2.24) is 0 Å². The molecular formula is C30H35NO7. The molecule has 0 amide bonds. The highest BCUT2D eigenvalue weighted by Gasteiger charge is 2.45. The molecule has 2 aromatic carbocycles. The first-order chi connectivity index (χ1) is 18.4. The van der Waals surface area contributed by atoms with Crippen molar-refractivity contribution in [3.05, 3.63) is 58.8 Å². The van der Waals surface area contributed by atoms with Gasteiger partial charge in [0.1, 0.15) is 17.4 Å². The number of ether oxygens (including phenoxy) is 5. The van der Waals surface area contributed by atoms with Crippen molar-refractivity contribution in [3.63, 3.8) is 0 Å². The SMILES string of the molecule is CCCOC(=O)C1C(C)=NC2=C(C(=O)C[C@H](c3ccc(OC)c(OC)c3)C2)[C@H]1c1ccc(OC)cc1OC. The Morgan fingerprint density at radius 1 is 0.921 bits per heavy atom. The number of allylic oxidation sites excluding steroid dienone is 2. The van der Waals surface area contributed by atoms with Gasteiger partial charge in [-0.05, 0) is 49.4 Å². The van der Waals surface area contributed by atoms with Crippen molar-refractivity contribution in [3.8, 4) is 23.0 Å². The molecule has 8 nitrogen and oxygen atoms in total. The zero-order valence-corrected chi connectivity index (χ0v) is 22.8. The summed E-state index contributed by atoms with van der Waals surface area (Å²) in [4.78, 5) is 32.1. The molecular weight excluding hydrogens is 486 g/mol. The Hall–Kier alpha value is -3.81. The summed E-state index contributed by atoms with van der Waals surface area (Å²) in [6.07, 6.45) is 1.54. The van der Waals surface area contributed by atoms with Crippen LogP contribution in [0.1, 0.15) is 56.1 Å². The zero-order chi connectivity index (χ0) is 27.4. The maximum absolute atomic E-state index is 13.9. The van der Waals surface area contributed by atoms with Gasteiger partial charge in [-0.1, -0.05) is 19.1 Å². The number of hydrogen-bond donors (Lipinski definition) is 0. The Balaban J connectivity index is 1.81. The molecule has 3 atom stereocenters. The molecule has 1 aliphatic heterocycles. The fourth-order valence-corrected chi connectivity index (χ4v) is 5.41. The second-order valence-corrected chi connectivity index (χ2v) is 9.49. The Morgan fingerprint density at radius 2 is 1.66 bits per heavy atom. The maximum atomic E-state index is 13.9. The van der Waals surface area contributed by atoms with Crippen LogP contribution in [0.5, 0.6) is 23.0 Å². The third kappa shape index (κ3) is 5.12. The number of ketones is 1. The van der Waals surface area contributed by atoms with Crippen molar-refractivity contribution in [2.45, 2.75) is 44.9 Å². The minimum atomic E-state index is -0.732. The molecule has 8 heteroatoms. The minimum Gasteiger partial charge on any atom is -0.497 e. The molecule has 0 saturated carbocycles. The topological polar surface area (TPSA) is 92.7 Å². The first kappa shape index (κ1) is 27.2. The van der Waals surface area contributed by atoms with Crippen LogP contribution < -0.4 is 18.9 Å². The maximum Gasteiger partial charge on any atom is 0.315 e. The van der Waals surface area contributed by atoms with Gasteiger partial charge in [-0.25, -0.2) is 0 Å². The summed E-state index contributed by atoms with van der Waals surface area (Å²) in [6.45, 7) is 4.07. The van der Waals surface area contributed by atoms with Crippen LogP contribution >= 0.6 is 0 Å². The van der Waals surface area contributed by atoms with Gasteiger partial charge in [-0.3, -0.25) is 14.6 Å². The fraction of sp³-hybridized carbons (Fsp3) is 0.433. The second-order valence-electron chi connectivity index (χ2n) is 9.49. The van der Waals surface area contributed by atoms with E-state index in [0.29, 0.717) is 59.4 Å². The molecule has 2 aromatic rings. The van der Waals surface area contributed by atoms with E-state index in [-0.39, 0.29) is 18.1 Å². The van der Waals surface area contributed by atoms with Crippen LogP contribution in [0.15, 0.2) is 52.7 Å². The Morgan fingerprint density at radius 3 is 2.32 bits per heavy atom. The van der Waals surface area contributed by atoms with Crippen LogP contribution in [0, 0.1) is 5.92 Å². The largest absolute Gasteiger partial charge is 0.497 e. The van der Waals surface area contributed by atoms with Crippen LogP contribution in [0.3, 0.4) is 0 Å². The molecule has 0 aromatic heterocycles. The summed E-state index contributed by atoms with van der Waals surface area (Å²) < 4.78 is 27.5. The van der Waals surface area contributed by atoms with E-state index in [4.69, 9.17) is 28.7 Å². The second kappa shape index (κ2) is 11.7. The molecule has 1 heterocycles. The number of carbonyl (C=O) groups excluding carboxylic acids is 2. The van der Waals surface area contributed by atoms with E-state index in [1.54, 1.807) is 34.5 Å². The lowest BCUT2D eigenvalue weighted by molar-refractivity contribution is -0.146. The van der Waals surface area contributed by atoms with E-state index in [1.807, 2.05) is 44.2 Å². The fourth-order valence-electron chi connectivity index (χ4n) is 5.41. The van der Waals surface area contributed by atoms with Gasteiger partial charge in [0.25, 0.3) is 0 Å². The molecule has 38 heavy (non-hydrogen) atoms. The van der Waals surface area contributed by atoms with Gasteiger partial charge < -0.3 is 23.7 Å². The van der Waals surface area contributed by atoms with E-state index in [0.717, 1.165) is 11.1 Å². The van der Waals surface area contributed by atoms with Gasteiger partial charge >= 0.3 is 5.97 Å². The standard InChI is InChI=1S/C30H35NO7/c1-7-12-38-30(33)27-17(2)31-22-13-19(18-8-11-24(35-4)26(15-18)37-6)14-23(32)29(22)28(27)21-10-9-20(34-3)16-25(21)36-5/h8-11,15-16,19,27-28H,7,12-14H2,1-6H3/t19-,27?,28+/m1/s1. The molecule has 4 rings (SSSR count). The predicted octanol–water partition coefficient (Wildman–Crippen LogP) is 5.25. The van der Waals surface area contributed by atoms with E-state index in [2.05, 4.69) is 0 Å². The Bertz CT molecular complexity index is 1280. The van der Waals surface area contributed by atoms with E-state index < -0.39 is 17.8 Å². The van der Waals surface area contributed by atoms with Crippen LogP contribution in [-0.4, -0.2) is 52.5 Å². The molecule has 1 aliphatic carbocycles. The molecule has 0 radical (unpaired) electrons.